The van der Waals surface area contributed by atoms with E-state index in [0.717, 1.165) is 43.4 Å². The van der Waals surface area contributed by atoms with E-state index < -0.39 is 0 Å². The van der Waals surface area contributed by atoms with Crippen LogP contribution in [0, 0.1) is 0 Å². The number of amides is 1. The highest BCUT2D eigenvalue weighted by Crippen LogP contribution is 2.29. The van der Waals surface area contributed by atoms with E-state index in [1.165, 1.54) is 4.70 Å². The van der Waals surface area contributed by atoms with E-state index in [4.69, 9.17) is 4.98 Å². The van der Waals surface area contributed by atoms with Crippen molar-refractivity contribution in [2.45, 2.75) is 6.04 Å². The molecule has 2 aromatic rings. The minimum Gasteiger partial charge on any atom is -0.345 e. The smallest absolute Gasteiger partial charge is 0.243 e. The van der Waals surface area contributed by atoms with Crippen molar-refractivity contribution < 1.29 is 4.79 Å². The normalized spacial score (nSPS) is 21.7. The molecular weight excluding hydrogens is 296 g/mol. The Morgan fingerprint density at radius 3 is 2.77 bits per heavy atom. The summed E-state index contributed by atoms with van der Waals surface area (Å²) in [4.78, 5) is 21.3. The van der Waals surface area contributed by atoms with E-state index in [2.05, 4.69) is 16.3 Å². The summed E-state index contributed by atoms with van der Waals surface area (Å²) in [5, 5.41) is 4.25. The van der Waals surface area contributed by atoms with Crippen molar-refractivity contribution in [1.82, 2.24) is 15.2 Å². The topological polar surface area (TPSA) is 48.5 Å². The summed E-state index contributed by atoms with van der Waals surface area (Å²) in [6, 6.07) is 8.09. The molecule has 1 N–H and O–H groups in total. The molecule has 0 unspecified atom stereocenters. The van der Waals surface area contributed by atoms with Gasteiger partial charge in [0.1, 0.15) is 6.04 Å². The number of carbonyl (C=O) groups excluding carboxylic acids is 1. The number of rotatable bonds is 2. The van der Waals surface area contributed by atoms with Gasteiger partial charge in [0.2, 0.25) is 5.91 Å². The maximum atomic E-state index is 12.4. The first-order valence-electron chi connectivity index (χ1n) is 7.60. The molecule has 2 aliphatic heterocycles. The molecule has 2 aliphatic rings. The summed E-state index contributed by atoms with van der Waals surface area (Å²) >= 11 is 1.73. The zero-order chi connectivity index (χ0) is 14.9. The zero-order valence-electron chi connectivity index (χ0n) is 12.2. The van der Waals surface area contributed by atoms with Gasteiger partial charge in [0.15, 0.2) is 5.13 Å². The number of hydrogen-bond donors (Lipinski definition) is 1. The first-order valence-corrected chi connectivity index (χ1v) is 8.42. The summed E-state index contributed by atoms with van der Waals surface area (Å²) in [7, 11) is 0. The first-order chi connectivity index (χ1) is 10.8. The van der Waals surface area contributed by atoms with Gasteiger partial charge >= 0.3 is 0 Å². The minimum atomic E-state index is -0.131. The summed E-state index contributed by atoms with van der Waals surface area (Å²) in [5.74, 6) is 0.192. The van der Waals surface area contributed by atoms with Gasteiger partial charge in [-0.3, -0.25) is 10.1 Å². The molecule has 5 nitrogen and oxygen atoms in total. The molecule has 4 rings (SSSR count). The Kier molecular flexibility index (Phi) is 3.56. The zero-order valence-corrected chi connectivity index (χ0v) is 13.1. The Labute approximate surface area is 133 Å². The van der Waals surface area contributed by atoms with Crippen molar-refractivity contribution in [1.29, 1.82) is 0 Å². The monoisotopic (exact) mass is 314 g/mol. The second-order valence-corrected chi connectivity index (χ2v) is 6.60. The van der Waals surface area contributed by atoms with Crippen molar-refractivity contribution in [3.05, 3.63) is 36.4 Å². The average Bonchev–Trinajstić information content (AvgIpc) is 3.23. The van der Waals surface area contributed by atoms with Crippen LogP contribution in [0.3, 0.4) is 0 Å². The number of aromatic nitrogens is 1. The van der Waals surface area contributed by atoms with Gasteiger partial charge in [-0.1, -0.05) is 35.6 Å². The molecule has 1 saturated heterocycles. The van der Waals surface area contributed by atoms with Gasteiger partial charge in [0.05, 0.1) is 10.2 Å². The summed E-state index contributed by atoms with van der Waals surface area (Å²) in [5.41, 5.74) is 1.06. The van der Waals surface area contributed by atoms with Crippen LogP contribution >= 0.6 is 11.3 Å². The summed E-state index contributed by atoms with van der Waals surface area (Å²) in [6.45, 7) is 4.02. The van der Waals surface area contributed by atoms with Crippen LogP contribution in [0.25, 0.3) is 10.2 Å². The van der Waals surface area contributed by atoms with Crippen LogP contribution in [0.2, 0.25) is 0 Å². The minimum absolute atomic E-state index is 0.131. The van der Waals surface area contributed by atoms with E-state index in [1.807, 2.05) is 35.3 Å². The second kappa shape index (κ2) is 5.70. The van der Waals surface area contributed by atoms with Gasteiger partial charge in [-0.15, -0.1) is 0 Å². The van der Waals surface area contributed by atoms with Crippen LogP contribution in [0.4, 0.5) is 5.13 Å². The number of nitrogens with zero attached hydrogens (tertiary/aromatic N) is 3. The van der Waals surface area contributed by atoms with Crippen LogP contribution < -0.4 is 10.2 Å². The number of benzene rings is 1. The summed E-state index contributed by atoms with van der Waals surface area (Å²) in [6.07, 6.45) is 3.97. The number of nitrogens with one attached hydrogen (secondary N) is 1. The number of para-hydroxylation sites is 1. The molecule has 1 atom stereocenters. The number of hydrogen-bond acceptors (Lipinski definition) is 5. The molecule has 1 fully saturated rings. The number of anilines is 1. The molecule has 0 aliphatic carbocycles. The number of piperazine rings is 1. The van der Waals surface area contributed by atoms with Crippen LogP contribution in [0.5, 0.6) is 0 Å². The molecule has 3 heterocycles. The first kappa shape index (κ1) is 13.7. The highest BCUT2D eigenvalue weighted by Gasteiger charge is 2.27. The third kappa shape index (κ3) is 2.48. The fourth-order valence-electron chi connectivity index (χ4n) is 2.95. The molecular formula is C16H18N4OS. The van der Waals surface area contributed by atoms with E-state index >= 15 is 0 Å². The Balaban J connectivity index is 1.43. The second-order valence-electron chi connectivity index (χ2n) is 5.59. The van der Waals surface area contributed by atoms with Gasteiger partial charge in [0, 0.05) is 32.7 Å². The van der Waals surface area contributed by atoms with Crippen molar-refractivity contribution in [2.24, 2.45) is 0 Å². The Morgan fingerprint density at radius 2 is 2.05 bits per heavy atom. The molecule has 114 valence electrons. The van der Waals surface area contributed by atoms with Crippen LogP contribution in [-0.2, 0) is 4.79 Å². The lowest BCUT2D eigenvalue weighted by Gasteiger charge is -2.35. The molecule has 1 aromatic carbocycles. The quantitative estimate of drug-likeness (QED) is 0.853. The maximum absolute atomic E-state index is 12.4. The Morgan fingerprint density at radius 1 is 1.23 bits per heavy atom. The fourth-order valence-corrected chi connectivity index (χ4v) is 3.96. The number of carbonyl (C=O) groups is 1. The van der Waals surface area contributed by atoms with Crippen molar-refractivity contribution in [3.8, 4) is 0 Å². The van der Waals surface area contributed by atoms with E-state index in [0.29, 0.717) is 0 Å². The van der Waals surface area contributed by atoms with Gasteiger partial charge in [-0.2, -0.15) is 0 Å². The molecule has 6 heteroatoms. The van der Waals surface area contributed by atoms with Crippen molar-refractivity contribution in [2.75, 3.05) is 37.6 Å². The molecule has 22 heavy (non-hydrogen) atoms. The predicted molar refractivity (Wildman–Crippen MR) is 89.3 cm³/mol. The van der Waals surface area contributed by atoms with Gasteiger partial charge in [0.25, 0.3) is 0 Å². The molecule has 0 radical (unpaired) electrons. The lowest BCUT2D eigenvalue weighted by molar-refractivity contribution is -0.132. The predicted octanol–water partition coefficient (Wildman–Crippen LogP) is 1.47. The largest absolute Gasteiger partial charge is 0.345 e. The van der Waals surface area contributed by atoms with Crippen LogP contribution in [-0.4, -0.2) is 54.6 Å². The molecule has 1 amide bonds. The van der Waals surface area contributed by atoms with E-state index in [-0.39, 0.29) is 11.9 Å². The standard InChI is InChI=1S/C16H18N4OS/c21-15(13-5-3-7-17-13)19-8-10-20(11-9-19)16-18-12-4-1-2-6-14(12)22-16/h1-6,13,17H,7-11H2/t13-/m1/s1. The van der Waals surface area contributed by atoms with Crippen molar-refractivity contribution in [3.63, 3.8) is 0 Å². The number of thiazole rings is 1. The lowest BCUT2D eigenvalue weighted by Crippen LogP contribution is -2.53. The lowest BCUT2D eigenvalue weighted by atomic mass is 10.2. The van der Waals surface area contributed by atoms with Gasteiger partial charge < -0.3 is 9.80 Å². The highest BCUT2D eigenvalue weighted by molar-refractivity contribution is 7.22. The molecule has 0 saturated carbocycles. The summed E-state index contributed by atoms with van der Waals surface area (Å²) < 4.78 is 1.22. The third-order valence-corrected chi connectivity index (χ3v) is 5.29. The van der Waals surface area contributed by atoms with Gasteiger partial charge in [-0.25, -0.2) is 4.98 Å². The fraction of sp³-hybridized carbons (Fsp3) is 0.375. The van der Waals surface area contributed by atoms with Crippen molar-refractivity contribution >= 4 is 32.6 Å². The van der Waals surface area contributed by atoms with E-state index in [9.17, 15) is 4.79 Å². The van der Waals surface area contributed by atoms with Crippen LogP contribution in [0.1, 0.15) is 0 Å². The Hall–Kier alpha value is -1.92. The number of fused-ring (bicyclic) bond motifs is 1. The molecule has 1 aromatic heterocycles. The average molecular weight is 314 g/mol. The third-order valence-electron chi connectivity index (χ3n) is 4.19. The van der Waals surface area contributed by atoms with Crippen LogP contribution in [0.15, 0.2) is 36.4 Å². The molecule has 0 spiro atoms. The van der Waals surface area contributed by atoms with E-state index in [1.54, 1.807) is 11.3 Å². The SMILES string of the molecule is O=C([C@H]1C=CCN1)N1CCN(c2nc3ccccc3s2)CC1. The molecule has 0 bridgehead atoms. The maximum Gasteiger partial charge on any atom is 0.243 e. The highest BCUT2D eigenvalue weighted by atomic mass is 32.1. The van der Waals surface area contributed by atoms with Gasteiger partial charge in [-0.05, 0) is 12.1 Å². The Bertz CT molecular complexity index is 685.